The van der Waals surface area contributed by atoms with Crippen LogP contribution in [0.25, 0.3) is 0 Å². The number of hydrogen-bond donors (Lipinski definition) is 1. The number of hydrogen-bond acceptors (Lipinski definition) is 5. The van der Waals surface area contributed by atoms with Crippen LogP contribution in [0, 0.1) is 18.8 Å². The number of fused-ring (bicyclic) bond motifs is 1. The van der Waals surface area contributed by atoms with Crippen LogP contribution in [0.4, 0.5) is 5.82 Å². The Morgan fingerprint density at radius 1 is 1.52 bits per heavy atom. The summed E-state index contributed by atoms with van der Waals surface area (Å²) in [7, 11) is 0. The summed E-state index contributed by atoms with van der Waals surface area (Å²) in [5.41, 5.74) is -0.729. The van der Waals surface area contributed by atoms with Crippen LogP contribution in [-0.2, 0) is 14.3 Å². The molecule has 7 heteroatoms. The second kappa shape index (κ2) is 4.67. The highest BCUT2D eigenvalue weighted by atomic mass is 16.5. The first kappa shape index (κ1) is 14.4. The minimum atomic E-state index is -0.729. The Bertz CT molecular complexity index is 710. The average molecular weight is 317 g/mol. The number of nitrogens with one attached hydrogen (secondary N) is 1. The first-order valence-electron chi connectivity index (χ1n) is 7.83. The molecule has 1 spiro atoms. The van der Waals surface area contributed by atoms with Crippen LogP contribution in [0.2, 0.25) is 0 Å². The summed E-state index contributed by atoms with van der Waals surface area (Å²) in [6, 6.07) is 1.74. The van der Waals surface area contributed by atoms with Crippen molar-refractivity contribution in [1.29, 1.82) is 0 Å². The fraction of sp³-hybridized carbons (Fsp3) is 0.562. The molecule has 1 N–H and O–H groups in total. The summed E-state index contributed by atoms with van der Waals surface area (Å²) in [5, 5.41) is 6.82. The zero-order valence-electron chi connectivity index (χ0n) is 13.3. The van der Waals surface area contributed by atoms with Crippen LogP contribution in [0.5, 0.6) is 0 Å². The van der Waals surface area contributed by atoms with Gasteiger partial charge in [0.15, 0.2) is 5.82 Å². The number of amides is 2. The molecule has 4 atom stereocenters. The Morgan fingerprint density at radius 2 is 2.30 bits per heavy atom. The number of ether oxygens (including phenoxy) is 1. The van der Waals surface area contributed by atoms with Gasteiger partial charge in [-0.1, -0.05) is 17.3 Å². The number of aryl methyl sites for hydroxylation is 1. The fourth-order valence-electron chi connectivity index (χ4n) is 3.85. The van der Waals surface area contributed by atoms with E-state index in [2.05, 4.69) is 10.5 Å². The molecular weight excluding hydrogens is 298 g/mol. The Morgan fingerprint density at radius 3 is 2.96 bits per heavy atom. The van der Waals surface area contributed by atoms with Gasteiger partial charge in [0.1, 0.15) is 11.4 Å². The van der Waals surface area contributed by atoms with Crippen LogP contribution in [0.1, 0.15) is 19.6 Å². The minimum Gasteiger partial charge on any atom is -0.360 e. The van der Waals surface area contributed by atoms with Crippen molar-refractivity contribution in [3.8, 4) is 0 Å². The molecule has 4 heterocycles. The maximum absolute atomic E-state index is 12.9. The Labute approximate surface area is 133 Å². The molecular formula is C16H19N3O4. The molecule has 0 aromatic carbocycles. The first-order valence-corrected chi connectivity index (χ1v) is 7.83. The third-order valence-corrected chi connectivity index (χ3v) is 4.73. The molecule has 0 radical (unpaired) electrons. The predicted octanol–water partition coefficient (Wildman–Crippen LogP) is 0.794. The summed E-state index contributed by atoms with van der Waals surface area (Å²) in [6.45, 7) is 5.94. The number of carbonyl (C=O) groups is 2. The Balaban J connectivity index is 1.67. The van der Waals surface area contributed by atoms with Crippen LogP contribution in [0.15, 0.2) is 22.7 Å². The van der Waals surface area contributed by atoms with Gasteiger partial charge < -0.3 is 14.6 Å². The van der Waals surface area contributed by atoms with E-state index in [9.17, 15) is 9.59 Å². The van der Waals surface area contributed by atoms with Crippen molar-refractivity contribution < 1.29 is 18.8 Å². The van der Waals surface area contributed by atoms with Gasteiger partial charge in [-0.15, -0.1) is 0 Å². The van der Waals surface area contributed by atoms with E-state index in [0.717, 1.165) is 0 Å². The summed E-state index contributed by atoms with van der Waals surface area (Å²) >= 11 is 0. The third-order valence-electron chi connectivity index (χ3n) is 4.73. The van der Waals surface area contributed by atoms with Gasteiger partial charge in [-0.3, -0.25) is 14.5 Å². The van der Waals surface area contributed by atoms with Gasteiger partial charge in [0, 0.05) is 12.1 Å². The molecule has 1 aromatic heterocycles. The van der Waals surface area contributed by atoms with Crippen molar-refractivity contribution in [3.63, 3.8) is 0 Å². The lowest BCUT2D eigenvalue weighted by Crippen LogP contribution is -2.45. The average Bonchev–Trinajstić information content (AvgIpc) is 3.19. The number of rotatable bonds is 3. The van der Waals surface area contributed by atoms with Crippen LogP contribution in [0.3, 0.4) is 0 Å². The van der Waals surface area contributed by atoms with Gasteiger partial charge in [0.2, 0.25) is 11.8 Å². The van der Waals surface area contributed by atoms with Crippen LogP contribution < -0.4 is 10.2 Å². The lowest BCUT2D eigenvalue weighted by molar-refractivity contribution is -0.132. The van der Waals surface area contributed by atoms with Gasteiger partial charge in [-0.05, 0) is 20.8 Å². The molecule has 4 rings (SSSR count). The smallest absolute Gasteiger partial charge is 0.235 e. The molecule has 0 aliphatic carbocycles. The molecule has 7 nitrogen and oxygen atoms in total. The van der Waals surface area contributed by atoms with E-state index in [0.29, 0.717) is 18.1 Å². The van der Waals surface area contributed by atoms with E-state index in [4.69, 9.17) is 9.26 Å². The van der Waals surface area contributed by atoms with Crippen LogP contribution in [-0.4, -0.2) is 41.3 Å². The molecule has 2 fully saturated rings. The monoisotopic (exact) mass is 317 g/mol. The van der Waals surface area contributed by atoms with Crippen molar-refractivity contribution in [2.45, 2.75) is 38.5 Å². The van der Waals surface area contributed by atoms with E-state index in [1.807, 2.05) is 26.0 Å². The van der Waals surface area contributed by atoms with E-state index in [1.54, 1.807) is 17.9 Å². The van der Waals surface area contributed by atoms with Crippen molar-refractivity contribution in [2.24, 2.45) is 11.8 Å². The molecule has 23 heavy (non-hydrogen) atoms. The highest BCUT2D eigenvalue weighted by molar-refractivity contribution is 6.02. The van der Waals surface area contributed by atoms with Crippen molar-refractivity contribution in [1.82, 2.24) is 10.5 Å². The van der Waals surface area contributed by atoms with Gasteiger partial charge in [-0.25, -0.2) is 0 Å². The van der Waals surface area contributed by atoms with Gasteiger partial charge in [0.25, 0.3) is 0 Å². The molecule has 0 unspecified atom stereocenters. The summed E-state index contributed by atoms with van der Waals surface area (Å²) < 4.78 is 11.1. The number of carbonyl (C=O) groups excluding carboxylic acids is 2. The molecule has 2 amide bonds. The molecule has 2 bridgehead atoms. The predicted molar refractivity (Wildman–Crippen MR) is 80.6 cm³/mol. The topological polar surface area (TPSA) is 84.7 Å². The molecule has 3 aliphatic heterocycles. The normalized spacial score (nSPS) is 34.5. The maximum atomic E-state index is 12.9. The van der Waals surface area contributed by atoms with Gasteiger partial charge >= 0.3 is 0 Å². The Kier molecular flexibility index (Phi) is 2.93. The fourth-order valence-corrected chi connectivity index (χ4v) is 3.85. The van der Waals surface area contributed by atoms with Gasteiger partial charge in [-0.2, -0.15) is 0 Å². The molecule has 122 valence electrons. The second-order valence-electron chi connectivity index (χ2n) is 6.78. The van der Waals surface area contributed by atoms with E-state index >= 15 is 0 Å². The standard InChI is InChI=1S/C16H19N3O4/c1-8(2)17-14(20)12-10-4-5-16(22-10)7-19(15(21)13(12)16)11-6-9(3)23-18-11/h4-6,8,10,12-13H,7H2,1-3H3,(H,17,20)/t10-,12+,13-,16-/m1/s1. The number of nitrogens with zero attached hydrogens (tertiary/aromatic N) is 2. The molecule has 3 aliphatic rings. The van der Waals surface area contributed by atoms with E-state index in [1.165, 1.54) is 0 Å². The number of aromatic nitrogens is 1. The maximum Gasteiger partial charge on any atom is 0.235 e. The largest absolute Gasteiger partial charge is 0.360 e. The van der Waals surface area contributed by atoms with Crippen molar-refractivity contribution >= 4 is 17.6 Å². The van der Waals surface area contributed by atoms with Crippen molar-refractivity contribution in [3.05, 3.63) is 24.0 Å². The lowest BCUT2D eigenvalue weighted by Gasteiger charge is -2.24. The van der Waals surface area contributed by atoms with Crippen molar-refractivity contribution in [2.75, 3.05) is 11.4 Å². The lowest BCUT2D eigenvalue weighted by atomic mass is 9.76. The summed E-state index contributed by atoms with van der Waals surface area (Å²) in [5.74, 6) is -0.153. The van der Waals surface area contributed by atoms with E-state index in [-0.39, 0.29) is 24.0 Å². The zero-order chi connectivity index (χ0) is 16.4. The molecule has 2 saturated heterocycles. The summed E-state index contributed by atoms with van der Waals surface area (Å²) in [6.07, 6.45) is 3.49. The second-order valence-corrected chi connectivity index (χ2v) is 6.78. The van der Waals surface area contributed by atoms with Crippen LogP contribution >= 0.6 is 0 Å². The van der Waals surface area contributed by atoms with E-state index < -0.39 is 17.4 Å². The third kappa shape index (κ3) is 1.96. The SMILES string of the molecule is Cc1cc(N2C[C@@]34C=C[C@@H](O3)[C@H](C(=O)NC(C)C)[C@@H]4C2=O)no1. The zero-order valence-corrected chi connectivity index (χ0v) is 13.3. The highest BCUT2D eigenvalue weighted by Crippen LogP contribution is 2.52. The first-order chi connectivity index (χ1) is 10.9. The minimum absolute atomic E-state index is 0.0207. The highest BCUT2D eigenvalue weighted by Gasteiger charge is 2.67. The van der Waals surface area contributed by atoms with Gasteiger partial charge in [0.05, 0.1) is 24.5 Å². The number of anilines is 1. The quantitative estimate of drug-likeness (QED) is 0.833. The molecule has 1 aromatic rings. The summed E-state index contributed by atoms with van der Waals surface area (Å²) in [4.78, 5) is 27.0. The Hall–Kier alpha value is -2.15. The molecule has 0 saturated carbocycles.